The molecule has 0 heterocycles. The molecule has 2 aromatic rings. The van der Waals surface area contributed by atoms with Crippen LogP contribution in [0.2, 0.25) is 0 Å². The first kappa shape index (κ1) is 19.6. The van der Waals surface area contributed by atoms with Crippen LogP contribution < -0.4 is 20.1 Å². The third kappa shape index (κ3) is 5.99. The maximum Gasteiger partial charge on any atom is 0.191 e. The van der Waals surface area contributed by atoms with Gasteiger partial charge in [-0.3, -0.25) is 0 Å². The van der Waals surface area contributed by atoms with E-state index in [-0.39, 0.29) is 0 Å². The summed E-state index contributed by atoms with van der Waals surface area (Å²) in [6.07, 6.45) is 0.870. The van der Waals surface area contributed by atoms with Gasteiger partial charge in [0.15, 0.2) is 17.5 Å². The van der Waals surface area contributed by atoms with Crippen LogP contribution in [-0.2, 0) is 13.0 Å². The van der Waals surface area contributed by atoms with Gasteiger partial charge in [0, 0.05) is 13.1 Å². The Morgan fingerprint density at radius 1 is 0.962 bits per heavy atom. The fraction of sp³-hybridized carbons (Fsp3) is 0.381. The van der Waals surface area contributed by atoms with Gasteiger partial charge in [0.05, 0.1) is 20.8 Å². The average molecular weight is 355 g/mol. The van der Waals surface area contributed by atoms with Gasteiger partial charge in [0.1, 0.15) is 0 Å². The van der Waals surface area contributed by atoms with Crippen LogP contribution in [0.15, 0.2) is 47.5 Å². The zero-order chi connectivity index (χ0) is 18.8. The molecule has 0 aliphatic rings. The van der Waals surface area contributed by atoms with Crippen LogP contribution >= 0.6 is 0 Å². The second-order valence-corrected chi connectivity index (χ2v) is 6.05. The minimum Gasteiger partial charge on any atom is -0.493 e. The average Bonchev–Trinajstić information content (AvgIpc) is 2.66. The molecule has 0 bridgehead atoms. The van der Waals surface area contributed by atoms with Gasteiger partial charge in [-0.2, -0.15) is 0 Å². The van der Waals surface area contributed by atoms with E-state index in [2.05, 4.69) is 59.8 Å². The van der Waals surface area contributed by atoms with Crippen molar-refractivity contribution >= 4 is 5.96 Å². The van der Waals surface area contributed by atoms with E-state index in [4.69, 9.17) is 9.47 Å². The number of methoxy groups -OCH3 is 2. The molecule has 2 aromatic carbocycles. The third-order valence-corrected chi connectivity index (χ3v) is 4.00. The number of hydrogen-bond donors (Lipinski definition) is 2. The molecule has 0 unspecified atom stereocenters. The molecule has 5 nitrogen and oxygen atoms in total. The number of hydrogen-bond acceptors (Lipinski definition) is 3. The second-order valence-electron chi connectivity index (χ2n) is 6.05. The molecule has 0 atom stereocenters. The highest BCUT2D eigenvalue weighted by molar-refractivity contribution is 5.79. The third-order valence-electron chi connectivity index (χ3n) is 4.00. The molecule has 0 aliphatic carbocycles. The van der Waals surface area contributed by atoms with Crippen molar-refractivity contribution in [2.45, 2.75) is 26.8 Å². The second kappa shape index (κ2) is 10.3. The fourth-order valence-electron chi connectivity index (χ4n) is 2.68. The van der Waals surface area contributed by atoms with Gasteiger partial charge in [0.2, 0.25) is 0 Å². The summed E-state index contributed by atoms with van der Waals surface area (Å²) < 4.78 is 10.6. The summed E-state index contributed by atoms with van der Waals surface area (Å²) in [5.74, 6) is 2.33. The summed E-state index contributed by atoms with van der Waals surface area (Å²) in [5, 5.41) is 6.68. The maximum absolute atomic E-state index is 5.36. The lowest BCUT2D eigenvalue weighted by atomic mass is 10.1. The van der Waals surface area contributed by atoms with Gasteiger partial charge in [-0.25, -0.2) is 4.99 Å². The van der Waals surface area contributed by atoms with Crippen molar-refractivity contribution in [3.8, 4) is 11.5 Å². The van der Waals surface area contributed by atoms with E-state index >= 15 is 0 Å². The summed E-state index contributed by atoms with van der Waals surface area (Å²) in [5.41, 5.74) is 3.65. The normalized spacial score (nSPS) is 11.2. The van der Waals surface area contributed by atoms with Gasteiger partial charge in [-0.15, -0.1) is 0 Å². The Morgan fingerprint density at radius 3 is 2.46 bits per heavy atom. The minimum atomic E-state index is 0.660. The summed E-state index contributed by atoms with van der Waals surface area (Å²) in [6.45, 7) is 6.44. The summed E-state index contributed by atoms with van der Waals surface area (Å²) >= 11 is 0. The molecule has 0 aromatic heterocycles. The number of nitrogens with zero attached hydrogens (tertiary/aromatic N) is 1. The molecular formula is C21H29N3O2. The molecule has 0 radical (unpaired) electrons. The van der Waals surface area contributed by atoms with Crippen molar-refractivity contribution in [1.82, 2.24) is 10.6 Å². The van der Waals surface area contributed by atoms with Crippen LogP contribution in [0.5, 0.6) is 11.5 Å². The van der Waals surface area contributed by atoms with Crippen molar-refractivity contribution in [3.05, 3.63) is 59.2 Å². The Kier molecular flexibility index (Phi) is 7.80. The molecule has 140 valence electrons. The Balaban J connectivity index is 1.92. The number of ether oxygens (including phenoxy) is 2. The molecule has 0 saturated heterocycles. The van der Waals surface area contributed by atoms with Crippen LogP contribution in [0, 0.1) is 6.92 Å². The summed E-state index contributed by atoms with van der Waals surface area (Å²) in [4.78, 5) is 4.67. The van der Waals surface area contributed by atoms with E-state index in [0.717, 1.165) is 37.0 Å². The quantitative estimate of drug-likeness (QED) is 0.563. The van der Waals surface area contributed by atoms with Gasteiger partial charge in [0.25, 0.3) is 0 Å². The zero-order valence-electron chi connectivity index (χ0n) is 16.1. The molecule has 0 amide bonds. The Morgan fingerprint density at radius 2 is 1.77 bits per heavy atom. The molecule has 0 aliphatic heterocycles. The number of rotatable bonds is 8. The number of nitrogens with one attached hydrogen (secondary N) is 2. The maximum atomic E-state index is 5.36. The number of benzene rings is 2. The molecule has 0 saturated carbocycles. The highest BCUT2D eigenvalue weighted by atomic mass is 16.5. The van der Waals surface area contributed by atoms with E-state index < -0.39 is 0 Å². The van der Waals surface area contributed by atoms with E-state index in [9.17, 15) is 0 Å². The molecule has 5 heteroatoms. The van der Waals surface area contributed by atoms with Crippen molar-refractivity contribution in [2.75, 3.05) is 27.3 Å². The van der Waals surface area contributed by atoms with E-state index in [0.29, 0.717) is 6.54 Å². The molecule has 2 rings (SSSR count). The summed E-state index contributed by atoms with van der Waals surface area (Å²) in [6, 6.07) is 14.4. The fourth-order valence-corrected chi connectivity index (χ4v) is 2.68. The Labute approximate surface area is 156 Å². The van der Waals surface area contributed by atoms with Gasteiger partial charge < -0.3 is 20.1 Å². The van der Waals surface area contributed by atoms with E-state index in [1.54, 1.807) is 14.2 Å². The van der Waals surface area contributed by atoms with Crippen LogP contribution in [0.4, 0.5) is 0 Å². The van der Waals surface area contributed by atoms with Crippen LogP contribution in [0.1, 0.15) is 23.6 Å². The lowest BCUT2D eigenvalue weighted by Gasteiger charge is -2.13. The van der Waals surface area contributed by atoms with Crippen molar-refractivity contribution in [1.29, 1.82) is 0 Å². The number of aliphatic imine (C=N–C) groups is 1. The molecule has 26 heavy (non-hydrogen) atoms. The van der Waals surface area contributed by atoms with Crippen LogP contribution in [0.3, 0.4) is 0 Å². The van der Waals surface area contributed by atoms with E-state index in [1.807, 2.05) is 12.1 Å². The van der Waals surface area contributed by atoms with Crippen LogP contribution in [-0.4, -0.2) is 33.3 Å². The van der Waals surface area contributed by atoms with Gasteiger partial charge in [-0.1, -0.05) is 35.9 Å². The predicted molar refractivity (Wildman–Crippen MR) is 107 cm³/mol. The molecule has 2 N–H and O–H groups in total. The molecular weight excluding hydrogens is 326 g/mol. The molecule has 0 fully saturated rings. The lowest BCUT2D eigenvalue weighted by molar-refractivity contribution is 0.354. The Hall–Kier alpha value is -2.69. The smallest absolute Gasteiger partial charge is 0.191 e. The number of guanidine groups is 1. The van der Waals surface area contributed by atoms with E-state index in [1.165, 1.54) is 16.7 Å². The minimum absolute atomic E-state index is 0.660. The van der Waals surface area contributed by atoms with Crippen molar-refractivity contribution < 1.29 is 9.47 Å². The summed E-state index contributed by atoms with van der Waals surface area (Å²) in [7, 11) is 3.30. The monoisotopic (exact) mass is 355 g/mol. The highest BCUT2D eigenvalue weighted by Gasteiger charge is 2.05. The first-order valence-electron chi connectivity index (χ1n) is 8.95. The van der Waals surface area contributed by atoms with Gasteiger partial charge >= 0.3 is 0 Å². The largest absolute Gasteiger partial charge is 0.493 e. The highest BCUT2D eigenvalue weighted by Crippen LogP contribution is 2.27. The first-order chi connectivity index (χ1) is 12.7. The zero-order valence-corrected chi connectivity index (χ0v) is 16.1. The van der Waals surface area contributed by atoms with Gasteiger partial charge in [-0.05, 0) is 43.5 Å². The van der Waals surface area contributed by atoms with Crippen molar-refractivity contribution in [2.24, 2.45) is 4.99 Å². The topological polar surface area (TPSA) is 54.9 Å². The lowest BCUT2D eigenvalue weighted by Crippen LogP contribution is -2.38. The SMILES string of the molecule is CCNC(=NCc1cccc(C)c1)NCCc1ccc(OC)c(OC)c1. The first-order valence-corrected chi connectivity index (χ1v) is 8.95. The number of aryl methyl sites for hydroxylation is 1. The Bertz CT molecular complexity index is 729. The van der Waals surface area contributed by atoms with Crippen LogP contribution in [0.25, 0.3) is 0 Å². The van der Waals surface area contributed by atoms with Crippen molar-refractivity contribution in [3.63, 3.8) is 0 Å². The predicted octanol–water partition coefficient (Wildman–Crippen LogP) is 3.31. The molecule has 0 spiro atoms. The standard InChI is InChI=1S/C21H29N3O2/c1-5-22-21(24-15-18-8-6-7-16(2)13-18)23-12-11-17-9-10-19(25-3)20(14-17)26-4/h6-10,13-14H,5,11-12,15H2,1-4H3,(H2,22,23,24).